The molecule has 3 rings (SSSR count). The molecule has 2 fully saturated rings. The van der Waals surface area contributed by atoms with Gasteiger partial charge in [-0.15, -0.1) is 0 Å². The van der Waals surface area contributed by atoms with Gasteiger partial charge in [0.2, 0.25) is 17.7 Å². The Hall–Kier alpha value is -2.93. The van der Waals surface area contributed by atoms with Gasteiger partial charge in [0.25, 0.3) is 0 Å². The second-order valence-electron chi connectivity index (χ2n) is 14.3. The molecule has 1 N–H and O–H groups in total. The van der Waals surface area contributed by atoms with Crippen LogP contribution in [0.5, 0.6) is 0 Å². The summed E-state index contributed by atoms with van der Waals surface area (Å²) in [4.78, 5) is 36.4. The number of ether oxygens (including phenoxy) is 1. The number of carbonyl (C=O) groups is 2. The van der Waals surface area contributed by atoms with E-state index in [1.807, 2.05) is 24.8 Å². The molecule has 0 bridgehead atoms. The van der Waals surface area contributed by atoms with Gasteiger partial charge in [0.05, 0.1) is 25.6 Å². The van der Waals surface area contributed by atoms with Crippen molar-refractivity contribution in [2.45, 2.75) is 105 Å². The van der Waals surface area contributed by atoms with E-state index in [2.05, 4.69) is 87.3 Å². The third kappa shape index (κ3) is 9.54. The first-order chi connectivity index (χ1) is 21.4. The molecule has 1 aromatic rings. The Kier molecular flexibility index (Phi) is 13.5. The van der Waals surface area contributed by atoms with Gasteiger partial charge in [0.15, 0.2) is 0 Å². The molecule has 0 heterocycles. The van der Waals surface area contributed by atoms with Crippen LogP contribution in [0.3, 0.4) is 0 Å². The number of carbonyl (C=O) groups excluding carboxylic acids is 2. The average Bonchev–Trinajstić information content (AvgIpc) is 3.01. The molecule has 0 saturated heterocycles. The van der Waals surface area contributed by atoms with Crippen molar-refractivity contribution >= 4 is 18.0 Å². The van der Waals surface area contributed by atoms with Crippen LogP contribution in [0.2, 0.25) is 0 Å². The zero-order valence-electron chi connectivity index (χ0n) is 29.6. The summed E-state index contributed by atoms with van der Waals surface area (Å²) >= 11 is 0. The van der Waals surface area contributed by atoms with Gasteiger partial charge in [-0.3, -0.25) is 14.5 Å². The molecule has 7 nitrogen and oxygen atoms in total. The van der Waals surface area contributed by atoms with Crippen LogP contribution in [0.1, 0.15) is 105 Å². The third-order valence-corrected chi connectivity index (χ3v) is 10.8. The quantitative estimate of drug-likeness (QED) is 0.161. The molecule has 250 valence electrons. The van der Waals surface area contributed by atoms with E-state index in [0.29, 0.717) is 18.1 Å². The Balaban J connectivity index is 1.78. The van der Waals surface area contributed by atoms with E-state index in [4.69, 9.17) is 4.74 Å². The second-order valence-corrected chi connectivity index (χ2v) is 14.3. The fourth-order valence-electron chi connectivity index (χ4n) is 7.00. The van der Waals surface area contributed by atoms with Gasteiger partial charge < -0.3 is 15.0 Å². The highest BCUT2D eigenvalue weighted by Crippen LogP contribution is 2.48. The highest BCUT2D eigenvalue weighted by molar-refractivity contribution is 5.91. The Morgan fingerprint density at radius 3 is 2.27 bits per heavy atom. The van der Waals surface area contributed by atoms with E-state index in [-0.39, 0.29) is 41.1 Å². The first-order valence-corrected chi connectivity index (χ1v) is 17.1. The van der Waals surface area contributed by atoms with Gasteiger partial charge in [0, 0.05) is 18.0 Å². The van der Waals surface area contributed by atoms with E-state index in [1.54, 1.807) is 13.3 Å². The van der Waals surface area contributed by atoms with Crippen molar-refractivity contribution in [3.05, 3.63) is 59.1 Å². The van der Waals surface area contributed by atoms with E-state index in [9.17, 15) is 9.59 Å². The van der Waals surface area contributed by atoms with Crippen molar-refractivity contribution in [2.24, 2.45) is 28.2 Å². The summed E-state index contributed by atoms with van der Waals surface area (Å²) in [6, 6.07) is 10.8. The number of methoxy groups -OCH3 is 1. The number of hydrogen-bond donors (Lipinski definition) is 1. The summed E-state index contributed by atoms with van der Waals surface area (Å²) in [6.45, 7) is 13.1. The van der Waals surface area contributed by atoms with Crippen molar-refractivity contribution in [2.75, 3.05) is 34.3 Å². The van der Waals surface area contributed by atoms with Crippen molar-refractivity contribution in [1.29, 1.82) is 0 Å². The molecule has 0 radical (unpaired) electrons. The van der Waals surface area contributed by atoms with E-state index < -0.39 is 0 Å². The maximum Gasteiger partial charge on any atom is 0.244 e. The zero-order valence-corrected chi connectivity index (χ0v) is 29.6. The molecule has 2 aliphatic rings. The average molecular weight is 621 g/mol. The molecular formula is C38H60N4O3. The zero-order chi connectivity index (χ0) is 33.2. The number of aliphatic imine (C=N–C) groups is 1. The maximum absolute atomic E-state index is 14.2. The van der Waals surface area contributed by atoms with E-state index >= 15 is 0 Å². The Morgan fingerprint density at radius 1 is 1.11 bits per heavy atom. The number of benzene rings is 1. The SMILES string of the molecule is C\C=C(/C=N/C(OC)=C(\C)CC)NC(=O)CN(CC1(C)CCC(c2ccccc2)(N(C)C)CC1)C(=O)C(C)C(C)CC1CCC1. The largest absolute Gasteiger partial charge is 0.481 e. The molecule has 2 atom stereocenters. The molecule has 1 aromatic carbocycles. The Bertz CT molecular complexity index is 1210. The first kappa shape index (κ1) is 36.5. The van der Waals surface area contributed by atoms with Crippen LogP contribution in [0.4, 0.5) is 0 Å². The molecule has 0 aromatic heterocycles. The number of allylic oxidation sites excluding steroid dienone is 3. The summed E-state index contributed by atoms with van der Waals surface area (Å²) in [5.41, 5.74) is 2.86. The minimum Gasteiger partial charge on any atom is -0.481 e. The van der Waals surface area contributed by atoms with Crippen LogP contribution in [0, 0.1) is 23.2 Å². The normalized spacial score (nSPS) is 24.5. The van der Waals surface area contributed by atoms with Crippen LogP contribution in [-0.4, -0.2) is 62.1 Å². The lowest BCUT2D eigenvalue weighted by atomic mass is 9.65. The van der Waals surface area contributed by atoms with E-state index in [1.165, 1.54) is 24.8 Å². The van der Waals surface area contributed by atoms with Gasteiger partial charge >= 0.3 is 0 Å². The molecule has 2 unspecified atom stereocenters. The number of amides is 2. The van der Waals surface area contributed by atoms with Crippen molar-refractivity contribution in [3.63, 3.8) is 0 Å². The summed E-state index contributed by atoms with van der Waals surface area (Å²) in [5.74, 6) is 1.31. The van der Waals surface area contributed by atoms with Crippen LogP contribution in [-0.2, 0) is 19.9 Å². The smallest absolute Gasteiger partial charge is 0.244 e. The van der Waals surface area contributed by atoms with E-state index in [0.717, 1.165) is 50.0 Å². The fraction of sp³-hybridized carbons (Fsp3) is 0.658. The second kappa shape index (κ2) is 16.6. The molecule has 0 aliphatic heterocycles. The molecule has 45 heavy (non-hydrogen) atoms. The minimum absolute atomic E-state index is 0.0245. The van der Waals surface area contributed by atoms with Crippen LogP contribution >= 0.6 is 0 Å². The van der Waals surface area contributed by atoms with Crippen LogP contribution in [0.25, 0.3) is 0 Å². The first-order valence-electron chi connectivity index (χ1n) is 17.1. The van der Waals surface area contributed by atoms with Crippen molar-refractivity contribution < 1.29 is 14.3 Å². The number of nitrogens with zero attached hydrogens (tertiary/aromatic N) is 3. The number of nitrogens with one attached hydrogen (secondary N) is 1. The summed E-state index contributed by atoms with van der Waals surface area (Å²) in [5, 5.41) is 3.00. The molecule has 2 aliphatic carbocycles. The van der Waals surface area contributed by atoms with Crippen LogP contribution < -0.4 is 5.32 Å². The fourth-order valence-corrected chi connectivity index (χ4v) is 7.00. The summed E-state index contributed by atoms with van der Waals surface area (Å²) in [7, 11) is 5.96. The highest BCUT2D eigenvalue weighted by Gasteiger charge is 2.44. The summed E-state index contributed by atoms with van der Waals surface area (Å²) < 4.78 is 5.43. The standard InChI is InChI=1S/C38H60N4O3/c1-10-28(3)35(45-9)39-25-33(11-2)40-34(43)26-42(36(44)30(5)29(4)24-31-16-15-17-31)27-37(6)20-22-38(23-21-37,41(7)8)32-18-13-12-14-19-32/h11-14,18-19,25,29-31H,10,15-17,20-24,26-27H2,1-9H3,(H,40,43)/b33-11+,35-28-,39-25+. The number of rotatable bonds is 15. The van der Waals surface area contributed by atoms with Gasteiger partial charge in [-0.1, -0.05) is 83.4 Å². The van der Waals surface area contributed by atoms with Crippen molar-refractivity contribution in [1.82, 2.24) is 15.1 Å². The molecule has 2 saturated carbocycles. The Labute approximate surface area is 273 Å². The van der Waals surface area contributed by atoms with Gasteiger partial charge in [-0.05, 0) is 94.9 Å². The predicted octanol–water partition coefficient (Wildman–Crippen LogP) is 7.69. The minimum atomic E-state index is -0.205. The topological polar surface area (TPSA) is 74.2 Å². The maximum atomic E-state index is 14.2. The third-order valence-electron chi connectivity index (χ3n) is 10.8. The molecule has 2 amide bonds. The van der Waals surface area contributed by atoms with Gasteiger partial charge in [0.1, 0.15) is 0 Å². The van der Waals surface area contributed by atoms with Crippen molar-refractivity contribution in [3.8, 4) is 0 Å². The van der Waals surface area contributed by atoms with Gasteiger partial charge in [-0.25, -0.2) is 4.99 Å². The Morgan fingerprint density at radius 2 is 1.76 bits per heavy atom. The van der Waals surface area contributed by atoms with Gasteiger partial charge in [-0.2, -0.15) is 0 Å². The predicted molar refractivity (Wildman–Crippen MR) is 186 cm³/mol. The molecule has 7 heteroatoms. The highest BCUT2D eigenvalue weighted by atomic mass is 16.5. The number of hydrogen-bond acceptors (Lipinski definition) is 5. The lowest BCUT2D eigenvalue weighted by Crippen LogP contribution is -2.52. The lowest BCUT2D eigenvalue weighted by Gasteiger charge is -2.50. The lowest BCUT2D eigenvalue weighted by molar-refractivity contribution is -0.142. The monoisotopic (exact) mass is 620 g/mol. The van der Waals surface area contributed by atoms with Crippen LogP contribution in [0.15, 0.2) is 58.6 Å². The summed E-state index contributed by atoms with van der Waals surface area (Å²) in [6.07, 6.45) is 13.2. The molecule has 0 spiro atoms. The molecular weight excluding hydrogens is 560 g/mol.